The molecule has 0 bridgehead atoms. The van der Waals surface area contributed by atoms with E-state index in [4.69, 9.17) is 45.0 Å². The lowest BCUT2D eigenvalue weighted by Gasteiger charge is -2.28. The first-order valence-corrected chi connectivity index (χ1v) is 16.1. The number of benzene rings is 4. The van der Waals surface area contributed by atoms with Crippen LogP contribution in [0.2, 0.25) is 5.02 Å². The lowest BCUT2D eigenvalue weighted by atomic mass is 10.00. The van der Waals surface area contributed by atoms with Gasteiger partial charge in [-0.3, -0.25) is 4.79 Å². The molecule has 49 heavy (non-hydrogen) atoms. The van der Waals surface area contributed by atoms with E-state index in [1.807, 2.05) is 56.3 Å². The van der Waals surface area contributed by atoms with Crippen LogP contribution in [0.5, 0.6) is 28.7 Å². The van der Waals surface area contributed by atoms with E-state index in [9.17, 15) is 4.79 Å². The van der Waals surface area contributed by atoms with E-state index in [-0.39, 0.29) is 18.8 Å². The summed E-state index contributed by atoms with van der Waals surface area (Å²) in [7, 11) is 6.28. The topological polar surface area (TPSA) is 121 Å². The standard InChI is InChI=1S/C34H31ClN4O8.C2H6/c1-41-29-12-19(33-36-23-8-7-21(35)15-22(23)34(40)37-33)6-10-27(29)45-17-46-39-25-9-5-18(11-26(25)39)28-16-24(38-47-28)20-13-30(42-2)32(44-4)31(14-20)43-3;1-2/h5-15,28,33,36H,16-17H2,1-4H3,(H,37,40);1-2H3. The van der Waals surface area contributed by atoms with Gasteiger partial charge in [0.15, 0.2) is 29.1 Å². The summed E-state index contributed by atoms with van der Waals surface area (Å²) in [5.41, 5.74) is 6.40. The molecular weight excluding hydrogens is 652 g/mol. The SMILES string of the molecule is CC.COc1cc(C2NC(=O)c3cc(Cl)ccc3N2)ccc1OCON1c2ccc(C3CC(c4cc(OC)c(OC)c(OC)c4)=NO3)cc21. The average Bonchev–Trinajstić information content (AvgIpc) is 3.58. The summed E-state index contributed by atoms with van der Waals surface area (Å²) in [4.78, 5) is 24.4. The van der Waals surface area contributed by atoms with Gasteiger partial charge < -0.3 is 39.2 Å². The van der Waals surface area contributed by atoms with Crippen molar-refractivity contribution in [2.45, 2.75) is 32.5 Å². The highest BCUT2D eigenvalue weighted by molar-refractivity contribution is 6.31. The first kappa shape index (κ1) is 33.6. The van der Waals surface area contributed by atoms with Crippen molar-refractivity contribution < 1.29 is 38.2 Å². The van der Waals surface area contributed by atoms with Crippen molar-refractivity contribution >= 4 is 40.3 Å². The van der Waals surface area contributed by atoms with Crippen LogP contribution in [-0.2, 0) is 9.68 Å². The molecule has 4 aromatic carbocycles. The summed E-state index contributed by atoms with van der Waals surface area (Å²) in [6.45, 7) is 3.95. The molecule has 3 aliphatic heterocycles. The van der Waals surface area contributed by atoms with E-state index in [2.05, 4.69) is 15.8 Å². The molecule has 2 N–H and O–H groups in total. The summed E-state index contributed by atoms with van der Waals surface area (Å²) < 4.78 is 27.9. The fourth-order valence-electron chi connectivity index (χ4n) is 5.68. The van der Waals surface area contributed by atoms with Gasteiger partial charge in [0.05, 0.1) is 51.1 Å². The number of carbonyl (C=O) groups is 1. The molecule has 4 aromatic rings. The van der Waals surface area contributed by atoms with Crippen molar-refractivity contribution in [3.63, 3.8) is 0 Å². The molecule has 0 aromatic heterocycles. The van der Waals surface area contributed by atoms with Crippen molar-refractivity contribution in [3.05, 3.63) is 94.0 Å². The summed E-state index contributed by atoms with van der Waals surface area (Å²) in [6.07, 6.45) is -0.146. The molecule has 2 atom stereocenters. The molecule has 0 fully saturated rings. The lowest BCUT2D eigenvalue weighted by molar-refractivity contribution is 0.0240. The fraction of sp³-hybridized carbons (Fsp3) is 0.278. The Bertz CT molecular complexity index is 1880. The minimum atomic E-state index is -0.455. The second-order valence-electron chi connectivity index (χ2n) is 10.8. The van der Waals surface area contributed by atoms with Crippen molar-refractivity contribution in [1.29, 1.82) is 0 Å². The number of anilines is 3. The number of nitrogens with one attached hydrogen (secondary N) is 2. The Morgan fingerprint density at radius 3 is 2.27 bits per heavy atom. The van der Waals surface area contributed by atoms with Gasteiger partial charge in [-0.2, -0.15) is 0 Å². The number of carbonyl (C=O) groups excluding carboxylic acids is 1. The Balaban J connectivity index is 0.00000205. The fourth-order valence-corrected chi connectivity index (χ4v) is 5.85. The van der Waals surface area contributed by atoms with E-state index in [1.165, 1.54) is 0 Å². The number of hydrogen-bond acceptors (Lipinski definition) is 11. The third-order valence-electron chi connectivity index (χ3n) is 8.14. The summed E-state index contributed by atoms with van der Waals surface area (Å²) >= 11 is 6.05. The van der Waals surface area contributed by atoms with Crippen LogP contribution in [0.3, 0.4) is 0 Å². The van der Waals surface area contributed by atoms with Crippen LogP contribution < -0.4 is 39.4 Å². The van der Waals surface area contributed by atoms with Crippen LogP contribution in [0.1, 0.15) is 59.6 Å². The zero-order valence-corrected chi connectivity index (χ0v) is 28.7. The Labute approximate surface area is 289 Å². The van der Waals surface area contributed by atoms with Crippen LogP contribution in [-0.4, -0.2) is 46.9 Å². The molecule has 3 heterocycles. The molecule has 7 rings (SSSR count). The highest BCUT2D eigenvalue weighted by atomic mass is 35.5. The summed E-state index contributed by atoms with van der Waals surface area (Å²) in [5, 5.41) is 12.8. The maximum atomic E-state index is 12.7. The molecule has 3 aliphatic rings. The highest BCUT2D eigenvalue weighted by Gasteiger charge is 2.34. The van der Waals surface area contributed by atoms with Crippen LogP contribution >= 0.6 is 11.6 Å². The third-order valence-corrected chi connectivity index (χ3v) is 8.38. The van der Waals surface area contributed by atoms with E-state index in [1.54, 1.807) is 57.8 Å². The van der Waals surface area contributed by atoms with Gasteiger partial charge in [0.1, 0.15) is 6.17 Å². The van der Waals surface area contributed by atoms with Gasteiger partial charge in [-0.05, 0) is 65.7 Å². The van der Waals surface area contributed by atoms with Gasteiger partial charge in [0, 0.05) is 22.7 Å². The largest absolute Gasteiger partial charge is 0.493 e. The highest BCUT2D eigenvalue weighted by Crippen LogP contribution is 2.50. The van der Waals surface area contributed by atoms with Gasteiger partial charge in [0.2, 0.25) is 12.5 Å². The van der Waals surface area contributed by atoms with Gasteiger partial charge >= 0.3 is 0 Å². The van der Waals surface area contributed by atoms with Crippen LogP contribution in [0.4, 0.5) is 17.1 Å². The number of amides is 1. The van der Waals surface area contributed by atoms with Crippen LogP contribution in [0.15, 0.2) is 71.9 Å². The number of methoxy groups -OCH3 is 4. The zero-order chi connectivity index (χ0) is 34.7. The summed E-state index contributed by atoms with van der Waals surface area (Å²) in [6, 6.07) is 20.3. The molecule has 0 saturated heterocycles. The van der Waals surface area contributed by atoms with E-state index < -0.39 is 6.17 Å². The van der Waals surface area contributed by atoms with Gasteiger partial charge in [-0.25, -0.2) is 9.90 Å². The van der Waals surface area contributed by atoms with Crippen LogP contribution in [0.25, 0.3) is 0 Å². The molecule has 0 aliphatic carbocycles. The van der Waals surface area contributed by atoms with E-state index in [0.717, 1.165) is 33.8 Å². The van der Waals surface area contributed by atoms with Crippen molar-refractivity contribution in [3.8, 4) is 28.7 Å². The first-order valence-electron chi connectivity index (χ1n) is 15.7. The van der Waals surface area contributed by atoms with E-state index in [0.29, 0.717) is 51.4 Å². The molecule has 1 amide bonds. The smallest absolute Gasteiger partial charge is 0.255 e. The molecule has 0 spiro atoms. The molecular formula is C36H37ClN4O8. The second kappa shape index (κ2) is 14.4. The Morgan fingerprint density at radius 1 is 0.816 bits per heavy atom. The molecule has 13 heteroatoms. The van der Waals surface area contributed by atoms with Gasteiger partial charge in [-0.15, -0.1) is 0 Å². The minimum absolute atomic E-state index is 0.0550. The number of oxime groups is 1. The normalized spacial score (nSPS) is 16.8. The Kier molecular flexibility index (Phi) is 9.88. The third kappa shape index (κ3) is 6.70. The lowest BCUT2D eigenvalue weighted by Crippen LogP contribution is -2.38. The zero-order valence-electron chi connectivity index (χ0n) is 28.0. The first-order chi connectivity index (χ1) is 23.9. The van der Waals surface area contributed by atoms with Crippen molar-refractivity contribution in [2.24, 2.45) is 5.16 Å². The monoisotopic (exact) mass is 688 g/mol. The van der Waals surface area contributed by atoms with Gasteiger partial charge in [-0.1, -0.05) is 42.7 Å². The number of nitrogens with zero attached hydrogens (tertiary/aromatic N) is 2. The maximum absolute atomic E-state index is 12.7. The quantitative estimate of drug-likeness (QED) is 0.121. The van der Waals surface area contributed by atoms with Crippen molar-refractivity contribution in [1.82, 2.24) is 5.32 Å². The van der Waals surface area contributed by atoms with E-state index >= 15 is 0 Å². The number of fused-ring (bicyclic) bond motifs is 2. The number of hydrogen-bond donors (Lipinski definition) is 2. The summed E-state index contributed by atoms with van der Waals surface area (Å²) in [5.74, 6) is 2.39. The predicted molar refractivity (Wildman–Crippen MR) is 186 cm³/mol. The number of halogens is 1. The Morgan fingerprint density at radius 2 is 1.55 bits per heavy atom. The van der Waals surface area contributed by atoms with Crippen molar-refractivity contribution in [2.75, 3.05) is 45.6 Å². The number of ether oxygens (including phenoxy) is 5. The second-order valence-corrected chi connectivity index (χ2v) is 11.3. The van der Waals surface area contributed by atoms with Gasteiger partial charge in [0.25, 0.3) is 5.91 Å². The number of rotatable bonds is 11. The Hall–Kier alpha value is -5.33. The molecule has 256 valence electrons. The molecule has 12 nitrogen and oxygen atoms in total. The maximum Gasteiger partial charge on any atom is 0.255 e. The minimum Gasteiger partial charge on any atom is -0.493 e. The average molecular weight is 689 g/mol. The predicted octanol–water partition coefficient (Wildman–Crippen LogP) is 7.54. The van der Waals surface area contributed by atoms with Crippen LogP contribution in [0, 0.1) is 0 Å². The molecule has 0 radical (unpaired) electrons. The molecule has 2 unspecified atom stereocenters. The molecule has 0 saturated carbocycles.